The molecule has 0 radical (unpaired) electrons. The van der Waals surface area contributed by atoms with E-state index in [9.17, 15) is 4.79 Å². The van der Waals surface area contributed by atoms with Crippen molar-refractivity contribution in [2.45, 2.75) is 31.6 Å². The predicted molar refractivity (Wildman–Crippen MR) is 108 cm³/mol. The van der Waals surface area contributed by atoms with Crippen molar-refractivity contribution in [3.63, 3.8) is 0 Å². The Morgan fingerprint density at radius 1 is 1.26 bits per heavy atom. The zero-order chi connectivity index (χ0) is 17.3. The fourth-order valence-corrected chi connectivity index (χ4v) is 4.11. The van der Waals surface area contributed by atoms with E-state index in [1.165, 1.54) is 0 Å². The van der Waals surface area contributed by atoms with E-state index in [1.807, 2.05) is 33.7 Å². The number of amides is 1. The van der Waals surface area contributed by atoms with E-state index in [0.29, 0.717) is 26.3 Å². The van der Waals surface area contributed by atoms with Crippen molar-refractivity contribution in [2.24, 2.45) is 11.1 Å². The number of fused-ring (bicyclic) bond motifs is 1. The van der Waals surface area contributed by atoms with Crippen LogP contribution in [-0.2, 0) is 9.53 Å². The Kier molecular flexibility index (Phi) is 7.45. The van der Waals surface area contributed by atoms with E-state index in [-0.39, 0.29) is 36.6 Å². The van der Waals surface area contributed by atoms with Crippen LogP contribution in [0.15, 0.2) is 24.4 Å². The quantitative estimate of drug-likeness (QED) is 0.828. The molecule has 2 fully saturated rings. The van der Waals surface area contributed by atoms with Crippen LogP contribution >= 0.6 is 24.8 Å². The summed E-state index contributed by atoms with van der Waals surface area (Å²) in [6, 6.07) is 5.89. The van der Waals surface area contributed by atoms with Crippen LogP contribution in [0.25, 0.3) is 5.65 Å². The van der Waals surface area contributed by atoms with Gasteiger partial charge in [-0.05, 0) is 37.8 Å². The summed E-state index contributed by atoms with van der Waals surface area (Å²) in [5.74, 6) is 1.35. The van der Waals surface area contributed by atoms with Crippen LogP contribution in [0.5, 0.6) is 0 Å². The Morgan fingerprint density at radius 2 is 2.04 bits per heavy atom. The van der Waals surface area contributed by atoms with Gasteiger partial charge in [-0.15, -0.1) is 35.0 Å². The molecule has 2 aromatic heterocycles. The lowest BCUT2D eigenvalue weighted by Crippen LogP contribution is -2.53. The molecule has 1 unspecified atom stereocenters. The topological polar surface area (TPSA) is 85.8 Å². The number of nitrogens with zero attached hydrogens (tertiary/aromatic N) is 4. The number of likely N-dealkylation sites (tertiary alicyclic amines) is 1. The van der Waals surface area contributed by atoms with Gasteiger partial charge in [0.05, 0.1) is 5.41 Å². The van der Waals surface area contributed by atoms with Gasteiger partial charge in [0.1, 0.15) is 5.82 Å². The smallest absolute Gasteiger partial charge is 0.230 e. The van der Waals surface area contributed by atoms with Gasteiger partial charge in [-0.1, -0.05) is 6.07 Å². The van der Waals surface area contributed by atoms with E-state index >= 15 is 0 Å². The summed E-state index contributed by atoms with van der Waals surface area (Å²) in [4.78, 5) is 15.2. The molecule has 0 bridgehead atoms. The maximum Gasteiger partial charge on any atom is 0.230 e. The molecule has 7 nitrogen and oxygen atoms in total. The van der Waals surface area contributed by atoms with Gasteiger partial charge in [0, 0.05) is 45.0 Å². The number of piperidine rings is 1. The zero-order valence-electron chi connectivity index (χ0n) is 15.2. The largest absolute Gasteiger partial charge is 0.381 e. The highest BCUT2D eigenvalue weighted by Gasteiger charge is 2.42. The van der Waals surface area contributed by atoms with Crippen LogP contribution in [0, 0.1) is 5.41 Å². The summed E-state index contributed by atoms with van der Waals surface area (Å²) in [5.41, 5.74) is 6.42. The first-order valence-corrected chi connectivity index (χ1v) is 9.10. The van der Waals surface area contributed by atoms with E-state index in [2.05, 4.69) is 10.2 Å². The summed E-state index contributed by atoms with van der Waals surface area (Å²) in [6.45, 7) is 3.13. The lowest BCUT2D eigenvalue weighted by Gasteiger charge is -2.41. The van der Waals surface area contributed by atoms with Gasteiger partial charge in [0.15, 0.2) is 5.65 Å². The number of aromatic nitrogens is 3. The molecule has 4 heterocycles. The number of nitrogens with two attached hydrogens (primary N) is 1. The van der Waals surface area contributed by atoms with Gasteiger partial charge < -0.3 is 15.4 Å². The standard InChI is InChI=1S/C18H25N5O2.2ClH/c19-13-18(6-10-25-11-7-18)17(24)22-8-3-4-14(12-22)16-21-20-15-5-1-2-9-23(15)16;;/h1-2,5,9,14H,3-4,6-8,10-13,19H2;2*1H. The van der Waals surface area contributed by atoms with Crippen LogP contribution in [0.2, 0.25) is 0 Å². The minimum absolute atomic E-state index is 0. The number of carbonyl (C=O) groups is 1. The molecule has 2 aliphatic rings. The number of hydrogen-bond donors (Lipinski definition) is 1. The Balaban J connectivity index is 0.00000131. The minimum Gasteiger partial charge on any atom is -0.381 e. The van der Waals surface area contributed by atoms with Crippen molar-refractivity contribution in [2.75, 3.05) is 32.8 Å². The molecule has 150 valence electrons. The molecule has 4 rings (SSSR count). The molecule has 1 atom stereocenters. The molecule has 1 amide bonds. The Bertz CT molecular complexity index is 763. The average molecular weight is 416 g/mol. The van der Waals surface area contributed by atoms with E-state index in [1.54, 1.807) is 0 Å². The number of rotatable bonds is 3. The minimum atomic E-state index is -0.451. The molecule has 2 saturated heterocycles. The molecule has 2 aliphatic heterocycles. The molecule has 2 N–H and O–H groups in total. The molecule has 0 aromatic carbocycles. The summed E-state index contributed by atoms with van der Waals surface area (Å²) in [7, 11) is 0. The normalized spacial score (nSPS) is 22.0. The average Bonchev–Trinajstić information content (AvgIpc) is 3.12. The summed E-state index contributed by atoms with van der Waals surface area (Å²) >= 11 is 0. The second-order valence-electron chi connectivity index (χ2n) is 7.17. The molecular formula is C18H27Cl2N5O2. The number of pyridine rings is 1. The van der Waals surface area contributed by atoms with Gasteiger partial charge in [0.2, 0.25) is 5.91 Å². The maximum atomic E-state index is 13.2. The molecule has 0 aliphatic carbocycles. The molecule has 9 heteroatoms. The maximum absolute atomic E-state index is 13.2. The van der Waals surface area contributed by atoms with Crippen molar-refractivity contribution in [3.8, 4) is 0 Å². The van der Waals surface area contributed by atoms with Crippen LogP contribution in [0.4, 0.5) is 0 Å². The fraction of sp³-hybridized carbons (Fsp3) is 0.611. The third-order valence-corrected chi connectivity index (χ3v) is 5.71. The highest BCUT2D eigenvalue weighted by molar-refractivity contribution is 5.85. The van der Waals surface area contributed by atoms with Crippen molar-refractivity contribution < 1.29 is 9.53 Å². The monoisotopic (exact) mass is 415 g/mol. The van der Waals surface area contributed by atoms with Gasteiger partial charge >= 0.3 is 0 Å². The summed E-state index contributed by atoms with van der Waals surface area (Å²) in [5, 5.41) is 8.65. The van der Waals surface area contributed by atoms with E-state index in [4.69, 9.17) is 10.5 Å². The first-order chi connectivity index (χ1) is 12.2. The Labute approximate surface area is 171 Å². The van der Waals surface area contributed by atoms with Crippen LogP contribution in [0.3, 0.4) is 0 Å². The lowest BCUT2D eigenvalue weighted by atomic mass is 9.78. The van der Waals surface area contributed by atoms with Crippen molar-refractivity contribution >= 4 is 36.4 Å². The number of hydrogen-bond acceptors (Lipinski definition) is 5. The van der Waals surface area contributed by atoms with Crippen molar-refractivity contribution in [1.82, 2.24) is 19.5 Å². The second kappa shape index (κ2) is 9.19. The Morgan fingerprint density at radius 3 is 2.78 bits per heavy atom. The van der Waals surface area contributed by atoms with Gasteiger partial charge in [0.25, 0.3) is 0 Å². The summed E-state index contributed by atoms with van der Waals surface area (Å²) in [6.07, 6.45) is 5.44. The summed E-state index contributed by atoms with van der Waals surface area (Å²) < 4.78 is 7.48. The second-order valence-corrected chi connectivity index (χ2v) is 7.17. The van der Waals surface area contributed by atoms with Crippen molar-refractivity contribution in [1.29, 1.82) is 0 Å². The molecule has 2 aromatic rings. The highest BCUT2D eigenvalue weighted by atomic mass is 35.5. The van der Waals surface area contributed by atoms with Gasteiger partial charge in [-0.2, -0.15) is 0 Å². The molecule has 27 heavy (non-hydrogen) atoms. The van der Waals surface area contributed by atoms with Crippen LogP contribution in [0.1, 0.15) is 37.4 Å². The van der Waals surface area contributed by atoms with E-state index in [0.717, 1.165) is 43.7 Å². The SMILES string of the molecule is Cl.Cl.NCC1(C(=O)N2CCCC(c3nnc4ccccn34)C2)CCOCC1. The first kappa shape index (κ1) is 21.9. The number of ether oxygens (including phenoxy) is 1. The third-order valence-electron chi connectivity index (χ3n) is 5.71. The predicted octanol–water partition coefficient (Wildman–Crippen LogP) is 2.03. The van der Waals surface area contributed by atoms with Crippen molar-refractivity contribution in [3.05, 3.63) is 30.2 Å². The highest BCUT2D eigenvalue weighted by Crippen LogP contribution is 2.34. The van der Waals surface area contributed by atoms with Gasteiger partial charge in [-0.25, -0.2) is 0 Å². The number of carbonyl (C=O) groups excluding carboxylic acids is 1. The fourth-order valence-electron chi connectivity index (χ4n) is 4.11. The van der Waals surface area contributed by atoms with E-state index < -0.39 is 5.41 Å². The molecule has 0 saturated carbocycles. The third kappa shape index (κ3) is 4.06. The lowest BCUT2D eigenvalue weighted by molar-refractivity contribution is -0.148. The van der Waals surface area contributed by atoms with Crippen LogP contribution < -0.4 is 5.73 Å². The first-order valence-electron chi connectivity index (χ1n) is 9.10. The molecular weight excluding hydrogens is 389 g/mol. The Hall–Kier alpha value is -1.41. The van der Waals surface area contributed by atoms with Gasteiger partial charge in [-0.3, -0.25) is 9.20 Å². The molecule has 0 spiro atoms. The zero-order valence-corrected chi connectivity index (χ0v) is 16.9. The van der Waals surface area contributed by atoms with Crippen LogP contribution in [-0.4, -0.2) is 58.3 Å². The number of halogens is 2.